The van der Waals surface area contributed by atoms with Crippen molar-refractivity contribution in [3.8, 4) is 0 Å². The van der Waals surface area contributed by atoms with Crippen LogP contribution in [-0.4, -0.2) is 4.92 Å². The molecule has 2 aromatic rings. The monoisotopic (exact) mass is 296 g/mol. The fraction of sp³-hybridized carbons (Fsp3) is 0. The Kier molecular flexibility index (Phi) is 4.02. The van der Waals surface area contributed by atoms with E-state index in [2.05, 4.69) is 10.7 Å². The first-order valence-corrected chi connectivity index (χ1v) is 5.87. The molecule has 8 heteroatoms. The molecule has 6 nitrogen and oxygen atoms in total. The molecule has 2 aromatic carbocycles. The van der Waals surface area contributed by atoms with Crippen molar-refractivity contribution < 1.29 is 9.31 Å². The average Bonchev–Trinajstić information content (AvgIpc) is 2.43. The lowest BCUT2D eigenvalue weighted by atomic mass is 10.2. The number of nitrogens with two attached hydrogens (primary N) is 1. The number of hydrogen-bond donors (Lipinski definition) is 3. The van der Waals surface area contributed by atoms with E-state index in [0.29, 0.717) is 0 Å². The number of nitro benzene ring substituents is 1. The van der Waals surface area contributed by atoms with Crippen molar-refractivity contribution >= 4 is 34.4 Å². The van der Waals surface area contributed by atoms with Gasteiger partial charge in [-0.1, -0.05) is 23.7 Å². The highest BCUT2D eigenvalue weighted by Gasteiger charge is 2.20. The van der Waals surface area contributed by atoms with Gasteiger partial charge in [-0.05, 0) is 24.3 Å². The second-order valence-electron chi connectivity index (χ2n) is 3.83. The Morgan fingerprint density at radius 3 is 2.40 bits per heavy atom. The minimum Gasteiger partial charge on any atom is -0.347 e. The number of nitrogen functional groups attached to an aromatic ring is 1. The molecule has 0 saturated heterocycles. The number of rotatable bonds is 4. The highest BCUT2D eigenvalue weighted by atomic mass is 35.5. The summed E-state index contributed by atoms with van der Waals surface area (Å²) in [6.45, 7) is 0. The van der Waals surface area contributed by atoms with Crippen molar-refractivity contribution in [2.45, 2.75) is 0 Å². The average molecular weight is 297 g/mol. The third-order valence-electron chi connectivity index (χ3n) is 2.60. The van der Waals surface area contributed by atoms with Crippen LogP contribution in [0.2, 0.25) is 5.02 Å². The molecule has 0 fully saturated rings. The molecule has 0 unspecified atom stereocenters. The summed E-state index contributed by atoms with van der Waals surface area (Å²) in [5.41, 5.74) is 2.20. The zero-order chi connectivity index (χ0) is 14.7. The van der Waals surface area contributed by atoms with E-state index in [1.54, 1.807) is 6.07 Å². The molecule has 0 aliphatic heterocycles. The minimum atomic E-state index is -0.686. The maximum Gasteiger partial charge on any atom is 0.316 e. The Balaban J connectivity index is 2.48. The number of para-hydroxylation sites is 1. The standard InChI is InChI=1S/C12H10ClFN4O2/c13-7-3-1-4-8(11(7)14)16-9-5-2-6-10(17-15)12(9)18(19)20/h1-6,16-17H,15H2. The summed E-state index contributed by atoms with van der Waals surface area (Å²) in [4.78, 5) is 10.5. The van der Waals surface area contributed by atoms with Crippen molar-refractivity contribution in [3.63, 3.8) is 0 Å². The molecule has 0 radical (unpaired) electrons. The van der Waals surface area contributed by atoms with Crippen LogP contribution in [0.5, 0.6) is 0 Å². The van der Waals surface area contributed by atoms with Crippen LogP contribution in [0.15, 0.2) is 36.4 Å². The van der Waals surface area contributed by atoms with Gasteiger partial charge < -0.3 is 10.7 Å². The third-order valence-corrected chi connectivity index (χ3v) is 2.89. The van der Waals surface area contributed by atoms with Gasteiger partial charge in [-0.2, -0.15) is 0 Å². The molecule has 0 saturated carbocycles. The first-order valence-electron chi connectivity index (χ1n) is 5.49. The molecular formula is C12H10ClFN4O2. The van der Waals surface area contributed by atoms with Gasteiger partial charge >= 0.3 is 5.69 Å². The molecule has 20 heavy (non-hydrogen) atoms. The van der Waals surface area contributed by atoms with E-state index in [9.17, 15) is 14.5 Å². The molecule has 0 heterocycles. The first kappa shape index (κ1) is 14.0. The van der Waals surface area contributed by atoms with Gasteiger partial charge in [-0.3, -0.25) is 16.0 Å². The number of hydrazine groups is 1. The minimum absolute atomic E-state index is 0.0368. The van der Waals surface area contributed by atoms with Gasteiger partial charge in [-0.15, -0.1) is 0 Å². The van der Waals surface area contributed by atoms with Crippen LogP contribution in [0, 0.1) is 15.9 Å². The second-order valence-corrected chi connectivity index (χ2v) is 4.24. The summed E-state index contributed by atoms with van der Waals surface area (Å²) in [5, 5.41) is 13.7. The molecule has 0 amide bonds. The van der Waals surface area contributed by atoms with Crippen LogP contribution in [0.1, 0.15) is 0 Å². The topological polar surface area (TPSA) is 93.2 Å². The predicted molar refractivity (Wildman–Crippen MR) is 75.6 cm³/mol. The van der Waals surface area contributed by atoms with E-state index in [0.717, 1.165) is 0 Å². The number of hydrogen-bond acceptors (Lipinski definition) is 5. The van der Waals surface area contributed by atoms with Gasteiger partial charge in [0.25, 0.3) is 0 Å². The zero-order valence-electron chi connectivity index (χ0n) is 10.1. The fourth-order valence-corrected chi connectivity index (χ4v) is 1.88. The third kappa shape index (κ3) is 2.63. The van der Waals surface area contributed by atoms with E-state index in [-0.39, 0.29) is 27.8 Å². The van der Waals surface area contributed by atoms with E-state index in [4.69, 9.17) is 17.4 Å². The van der Waals surface area contributed by atoms with Crippen LogP contribution in [-0.2, 0) is 0 Å². The molecular weight excluding hydrogens is 287 g/mol. The molecule has 0 aromatic heterocycles. The molecule has 0 aliphatic rings. The Labute approximate surface area is 118 Å². The van der Waals surface area contributed by atoms with E-state index < -0.39 is 10.7 Å². The zero-order valence-corrected chi connectivity index (χ0v) is 10.8. The lowest BCUT2D eigenvalue weighted by molar-refractivity contribution is -0.383. The Morgan fingerprint density at radius 2 is 1.75 bits per heavy atom. The SMILES string of the molecule is NNc1cccc(Nc2cccc(Cl)c2F)c1[N+](=O)[O-]. The van der Waals surface area contributed by atoms with Crippen molar-refractivity contribution in [3.05, 3.63) is 57.4 Å². The summed E-state index contributed by atoms with van der Waals surface area (Å²) in [7, 11) is 0. The Hall–Kier alpha value is -2.38. The molecule has 0 atom stereocenters. The lowest BCUT2D eigenvalue weighted by Gasteiger charge is -2.11. The van der Waals surface area contributed by atoms with Crippen LogP contribution in [0.4, 0.5) is 27.1 Å². The van der Waals surface area contributed by atoms with Crippen LogP contribution >= 0.6 is 11.6 Å². The summed E-state index contributed by atoms with van der Waals surface area (Å²) >= 11 is 5.66. The number of halogens is 2. The smallest absolute Gasteiger partial charge is 0.316 e. The van der Waals surface area contributed by atoms with Crippen molar-refractivity contribution in [2.75, 3.05) is 10.7 Å². The van der Waals surface area contributed by atoms with Gasteiger partial charge in [0.15, 0.2) is 5.82 Å². The van der Waals surface area contributed by atoms with Gasteiger partial charge in [0.05, 0.1) is 15.6 Å². The largest absolute Gasteiger partial charge is 0.347 e. The van der Waals surface area contributed by atoms with E-state index in [1.807, 2.05) is 0 Å². The molecule has 0 bridgehead atoms. The van der Waals surface area contributed by atoms with Gasteiger partial charge in [0.1, 0.15) is 11.4 Å². The number of anilines is 3. The quantitative estimate of drug-likeness (QED) is 0.456. The van der Waals surface area contributed by atoms with Crippen molar-refractivity contribution in [2.24, 2.45) is 5.84 Å². The number of benzene rings is 2. The molecule has 2 rings (SSSR count). The molecule has 4 N–H and O–H groups in total. The number of nitro groups is 1. The van der Waals surface area contributed by atoms with E-state index >= 15 is 0 Å². The summed E-state index contributed by atoms with van der Waals surface area (Å²) in [5.74, 6) is 4.54. The predicted octanol–water partition coefficient (Wildman–Crippen LogP) is 3.42. The summed E-state index contributed by atoms with van der Waals surface area (Å²) < 4.78 is 13.8. The normalized spacial score (nSPS) is 10.2. The van der Waals surface area contributed by atoms with Crippen molar-refractivity contribution in [1.82, 2.24) is 0 Å². The molecule has 104 valence electrons. The first-order chi connectivity index (χ1) is 9.54. The highest BCUT2D eigenvalue weighted by molar-refractivity contribution is 6.31. The fourth-order valence-electron chi connectivity index (χ4n) is 1.70. The number of nitrogens with zero attached hydrogens (tertiary/aromatic N) is 1. The van der Waals surface area contributed by atoms with Crippen LogP contribution < -0.4 is 16.6 Å². The lowest BCUT2D eigenvalue weighted by Crippen LogP contribution is -2.10. The highest BCUT2D eigenvalue weighted by Crippen LogP contribution is 2.35. The van der Waals surface area contributed by atoms with Gasteiger partial charge in [0.2, 0.25) is 0 Å². The molecule has 0 aliphatic carbocycles. The summed E-state index contributed by atoms with van der Waals surface area (Å²) in [6.07, 6.45) is 0. The Morgan fingerprint density at radius 1 is 1.15 bits per heavy atom. The van der Waals surface area contributed by atoms with Gasteiger partial charge in [-0.25, -0.2) is 4.39 Å². The second kappa shape index (κ2) is 5.72. The maximum atomic E-state index is 13.8. The van der Waals surface area contributed by atoms with E-state index in [1.165, 1.54) is 30.3 Å². The Bertz CT molecular complexity index is 666. The van der Waals surface area contributed by atoms with Crippen molar-refractivity contribution in [1.29, 1.82) is 0 Å². The van der Waals surface area contributed by atoms with Crippen LogP contribution in [0.25, 0.3) is 0 Å². The maximum absolute atomic E-state index is 13.8. The van der Waals surface area contributed by atoms with Gasteiger partial charge in [0, 0.05) is 0 Å². The van der Waals surface area contributed by atoms with Crippen LogP contribution in [0.3, 0.4) is 0 Å². The molecule has 0 spiro atoms. The summed E-state index contributed by atoms with van der Waals surface area (Å²) in [6, 6.07) is 8.77. The number of nitrogens with one attached hydrogen (secondary N) is 2.